The second-order valence-electron chi connectivity index (χ2n) is 6.77. The van der Waals surface area contributed by atoms with Gasteiger partial charge in [-0.05, 0) is 25.6 Å². The van der Waals surface area contributed by atoms with E-state index in [4.69, 9.17) is 0 Å². The summed E-state index contributed by atoms with van der Waals surface area (Å²) in [6.07, 6.45) is 1.40. The van der Waals surface area contributed by atoms with Crippen molar-refractivity contribution in [2.75, 3.05) is 39.0 Å². The van der Waals surface area contributed by atoms with Crippen molar-refractivity contribution in [3.8, 4) is 0 Å². The van der Waals surface area contributed by atoms with E-state index in [1.54, 1.807) is 0 Å². The lowest BCUT2D eigenvalue weighted by atomic mass is 10.2. The molecule has 0 unspecified atom stereocenters. The normalized spacial score (nSPS) is 16.9. The molecule has 1 radical (unpaired) electrons. The maximum Gasteiger partial charge on any atom is 0.214 e. The highest BCUT2D eigenvalue weighted by Gasteiger charge is 2.25. The summed E-state index contributed by atoms with van der Waals surface area (Å²) in [6.45, 7) is 2.61. The number of thiazole rings is 1. The number of benzene rings is 1. The van der Waals surface area contributed by atoms with Crippen molar-refractivity contribution in [2.24, 2.45) is 0 Å². The molecule has 1 aromatic carbocycles. The number of rotatable bonds is 7. The molecule has 3 rings (SSSR count). The molecule has 2 aromatic rings. The minimum Gasteiger partial charge on any atom is -0.305 e. The third-order valence-electron chi connectivity index (χ3n) is 4.62. The SMILES string of the molecule is CN1CCCN(S(=O)(=O)CCC(=O)c2[c]sc(Cc3ccccc3)n2)CC1. The molecule has 0 spiro atoms. The highest BCUT2D eigenvalue weighted by atomic mass is 32.2. The zero-order chi connectivity index (χ0) is 19.3. The van der Waals surface area contributed by atoms with Gasteiger partial charge in [0.1, 0.15) is 5.69 Å². The Hall–Kier alpha value is -1.61. The van der Waals surface area contributed by atoms with Crippen LogP contribution >= 0.6 is 11.3 Å². The van der Waals surface area contributed by atoms with Crippen molar-refractivity contribution in [1.82, 2.24) is 14.2 Å². The average Bonchev–Trinajstić information content (AvgIpc) is 3.00. The summed E-state index contributed by atoms with van der Waals surface area (Å²) < 4.78 is 26.6. The summed E-state index contributed by atoms with van der Waals surface area (Å²) in [4.78, 5) is 18.8. The Labute approximate surface area is 164 Å². The van der Waals surface area contributed by atoms with Crippen LogP contribution in [0, 0.1) is 5.38 Å². The first-order valence-corrected chi connectivity index (χ1v) is 11.5. The molecular weight excluding hydrogens is 382 g/mol. The first kappa shape index (κ1) is 20.1. The van der Waals surface area contributed by atoms with E-state index in [0.717, 1.165) is 30.1 Å². The van der Waals surface area contributed by atoms with E-state index in [1.807, 2.05) is 37.4 Å². The van der Waals surface area contributed by atoms with Gasteiger partial charge < -0.3 is 4.90 Å². The zero-order valence-electron chi connectivity index (χ0n) is 15.4. The molecule has 0 N–H and O–H groups in total. The Kier molecular flexibility index (Phi) is 6.75. The predicted octanol–water partition coefficient (Wildman–Crippen LogP) is 2.07. The summed E-state index contributed by atoms with van der Waals surface area (Å²) in [5, 5.41) is 3.73. The molecular formula is C19H24N3O3S2. The molecule has 6 nitrogen and oxygen atoms in total. The van der Waals surface area contributed by atoms with Crippen LogP contribution in [0.1, 0.15) is 33.9 Å². The van der Waals surface area contributed by atoms with Gasteiger partial charge in [-0.1, -0.05) is 30.3 Å². The molecule has 1 aliphatic rings. The lowest BCUT2D eigenvalue weighted by Crippen LogP contribution is -2.36. The Bertz CT molecular complexity index is 865. The second kappa shape index (κ2) is 9.05. The molecule has 0 aliphatic carbocycles. The first-order valence-electron chi connectivity index (χ1n) is 9.05. The minimum atomic E-state index is -3.43. The molecule has 0 saturated carbocycles. The summed E-state index contributed by atoms with van der Waals surface area (Å²) >= 11 is 1.31. The third-order valence-corrected chi connectivity index (χ3v) is 7.26. The second-order valence-corrected chi connectivity index (χ2v) is 9.73. The van der Waals surface area contributed by atoms with Gasteiger partial charge >= 0.3 is 0 Å². The number of ketones is 1. The molecule has 27 heavy (non-hydrogen) atoms. The van der Waals surface area contributed by atoms with Crippen molar-refractivity contribution in [2.45, 2.75) is 19.3 Å². The van der Waals surface area contributed by atoms with E-state index in [1.165, 1.54) is 15.6 Å². The molecule has 0 atom stereocenters. The zero-order valence-corrected chi connectivity index (χ0v) is 17.1. The molecule has 1 saturated heterocycles. The van der Waals surface area contributed by atoms with Gasteiger partial charge in [-0.3, -0.25) is 4.79 Å². The fourth-order valence-corrected chi connectivity index (χ4v) is 5.23. The lowest BCUT2D eigenvalue weighted by molar-refractivity contribution is 0.0984. The number of hydrogen-bond acceptors (Lipinski definition) is 6. The van der Waals surface area contributed by atoms with E-state index in [0.29, 0.717) is 19.5 Å². The Balaban J connectivity index is 1.56. The van der Waals surface area contributed by atoms with E-state index in [-0.39, 0.29) is 23.7 Å². The van der Waals surface area contributed by atoms with Gasteiger partial charge in [0.2, 0.25) is 10.0 Å². The van der Waals surface area contributed by atoms with Crippen LogP contribution in [0.25, 0.3) is 0 Å². The largest absolute Gasteiger partial charge is 0.305 e. The molecule has 0 bridgehead atoms. The number of carbonyl (C=O) groups is 1. The predicted molar refractivity (Wildman–Crippen MR) is 107 cm³/mol. The van der Waals surface area contributed by atoms with Gasteiger partial charge in [-0.2, -0.15) is 0 Å². The molecule has 2 heterocycles. The number of nitrogens with zero attached hydrogens (tertiary/aromatic N) is 3. The molecule has 1 aromatic heterocycles. The molecule has 145 valence electrons. The summed E-state index contributed by atoms with van der Waals surface area (Å²) in [5.74, 6) is -0.435. The van der Waals surface area contributed by atoms with Crippen LogP contribution in [0.4, 0.5) is 0 Å². The van der Waals surface area contributed by atoms with Gasteiger partial charge in [-0.25, -0.2) is 17.7 Å². The summed E-state index contributed by atoms with van der Waals surface area (Å²) in [7, 11) is -1.44. The lowest BCUT2D eigenvalue weighted by Gasteiger charge is -2.19. The van der Waals surface area contributed by atoms with E-state index in [2.05, 4.69) is 15.3 Å². The Morgan fingerprint density at radius 3 is 2.74 bits per heavy atom. The minimum absolute atomic E-state index is 0.0559. The number of carbonyl (C=O) groups excluding carboxylic acids is 1. The molecule has 1 fully saturated rings. The standard InChI is InChI=1S/C19H24N3O3S2/c1-21-9-5-10-22(12-11-21)27(24,25)13-8-18(23)17-15-26-19(20-17)14-16-6-3-2-4-7-16/h2-4,6-7H,5,8-14H2,1H3. The van der Waals surface area contributed by atoms with Crippen LogP contribution in [0.2, 0.25) is 0 Å². The van der Waals surface area contributed by atoms with Crippen LogP contribution in [0.3, 0.4) is 0 Å². The highest BCUT2D eigenvalue weighted by molar-refractivity contribution is 7.89. The highest BCUT2D eigenvalue weighted by Crippen LogP contribution is 2.16. The maximum atomic E-state index is 12.6. The van der Waals surface area contributed by atoms with Gasteiger partial charge in [0.25, 0.3) is 0 Å². The topological polar surface area (TPSA) is 70.6 Å². The Morgan fingerprint density at radius 2 is 1.96 bits per heavy atom. The van der Waals surface area contributed by atoms with Crippen molar-refractivity contribution in [3.63, 3.8) is 0 Å². The van der Waals surface area contributed by atoms with E-state index < -0.39 is 10.0 Å². The van der Waals surface area contributed by atoms with E-state index in [9.17, 15) is 13.2 Å². The Morgan fingerprint density at radius 1 is 1.19 bits per heavy atom. The van der Waals surface area contributed by atoms with Gasteiger partial charge in [0.05, 0.1) is 16.1 Å². The monoisotopic (exact) mass is 406 g/mol. The van der Waals surface area contributed by atoms with Gasteiger partial charge in [-0.15, -0.1) is 11.3 Å². The van der Waals surface area contributed by atoms with Crippen LogP contribution in [0.15, 0.2) is 30.3 Å². The number of likely N-dealkylation sites (N-methyl/N-ethyl adjacent to an activating group) is 1. The van der Waals surface area contributed by atoms with E-state index >= 15 is 0 Å². The fraction of sp³-hybridized carbons (Fsp3) is 0.474. The van der Waals surface area contributed by atoms with Crippen molar-refractivity contribution in [3.05, 3.63) is 52.0 Å². The number of hydrogen-bond donors (Lipinski definition) is 0. The number of Topliss-reactive ketones (excluding diaryl/α,β-unsaturated/α-hetero) is 1. The van der Waals surface area contributed by atoms with Crippen LogP contribution in [-0.4, -0.2) is 67.4 Å². The van der Waals surface area contributed by atoms with Gasteiger partial charge in [0.15, 0.2) is 5.78 Å². The molecule has 8 heteroatoms. The van der Waals surface area contributed by atoms with Gasteiger partial charge in [0, 0.05) is 32.5 Å². The van der Waals surface area contributed by atoms with Crippen LogP contribution in [-0.2, 0) is 16.4 Å². The molecule has 0 amide bonds. The quantitative estimate of drug-likeness (QED) is 0.659. The summed E-state index contributed by atoms with van der Waals surface area (Å²) in [6, 6.07) is 9.89. The van der Waals surface area contributed by atoms with Crippen LogP contribution in [0.5, 0.6) is 0 Å². The smallest absolute Gasteiger partial charge is 0.214 e. The average molecular weight is 407 g/mol. The maximum absolute atomic E-state index is 12.6. The summed E-state index contributed by atoms with van der Waals surface area (Å²) in [5.41, 5.74) is 1.37. The van der Waals surface area contributed by atoms with Crippen LogP contribution < -0.4 is 0 Å². The third kappa shape index (κ3) is 5.68. The number of sulfonamides is 1. The van der Waals surface area contributed by atoms with Crippen molar-refractivity contribution in [1.29, 1.82) is 0 Å². The first-order chi connectivity index (χ1) is 12.9. The molecule has 1 aliphatic heterocycles. The number of aromatic nitrogens is 1. The fourth-order valence-electron chi connectivity index (χ4n) is 3.01. The van der Waals surface area contributed by atoms with Crippen molar-refractivity contribution < 1.29 is 13.2 Å². The van der Waals surface area contributed by atoms with Crippen molar-refractivity contribution >= 4 is 27.1 Å².